The first kappa shape index (κ1) is 15.9. The van der Waals surface area contributed by atoms with Crippen molar-refractivity contribution in [2.24, 2.45) is 0 Å². The summed E-state index contributed by atoms with van der Waals surface area (Å²) in [6.45, 7) is 2.44. The van der Waals surface area contributed by atoms with Crippen LogP contribution in [0.4, 0.5) is 0 Å². The summed E-state index contributed by atoms with van der Waals surface area (Å²) >= 11 is 0. The standard InChI is InChI=1S/C13H22N2O3S/c1-11(10-12-4-6-13(16)7-5-12)14-8-9-19(17,18)15(2)3/h4-7,11,14,16H,8-10H2,1-3H3. The molecule has 1 rings (SSSR count). The van der Waals surface area contributed by atoms with Crippen LogP contribution in [-0.4, -0.2) is 50.3 Å². The highest BCUT2D eigenvalue weighted by molar-refractivity contribution is 7.89. The minimum atomic E-state index is -3.13. The summed E-state index contributed by atoms with van der Waals surface area (Å²) in [6, 6.07) is 7.22. The average Bonchev–Trinajstić information content (AvgIpc) is 2.31. The van der Waals surface area contributed by atoms with Crippen molar-refractivity contribution in [2.45, 2.75) is 19.4 Å². The van der Waals surface area contributed by atoms with Crippen LogP contribution in [0, 0.1) is 0 Å². The molecule has 0 saturated heterocycles. The first-order valence-electron chi connectivity index (χ1n) is 6.23. The summed E-state index contributed by atoms with van der Waals surface area (Å²) in [5, 5.41) is 12.4. The predicted octanol–water partition coefficient (Wildman–Crippen LogP) is 0.804. The monoisotopic (exact) mass is 286 g/mol. The Morgan fingerprint density at radius 2 is 1.84 bits per heavy atom. The van der Waals surface area contributed by atoms with Crippen molar-refractivity contribution >= 4 is 10.0 Å². The van der Waals surface area contributed by atoms with Gasteiger partial charge < -0.3 is 10.4 Å². The van der Waals surface area contributed by atoms with E-state index in [0.29, 0.717) is 6.54 Å². The number of sulfonamides is 1. The first-order valence-corrected chi connectivity index (χ1v) is 7.83. The highest BCUT2D eigenvalue weighted by Crippen LogP contribution is 2.11. The van der Waals surface area contributed by atoms with E-state index in [4.69, 9.17) is 0 Å². The minimum Gasteiger partial charge on any atom is -0.508 e. The molecule has 1 atom stereocenters. The molecule has 0 aliphatic rings. The maximum Gasteiger partial charge on any atom is 0.214 e. The Hall–Kier alpha value is -1.11. The summed E-state index contributed by atoms with van der Waals surface area (Å²) in [6.07, 6.45) is 0.794. The lowest BCUT2D eigenvalue weighted by Crippen LogP contribution is -2.35. The molecule has 0 amide bonds. The van der Waals surface area contributed by atoms with E-state index < -0.39 is 10.0 Å². The number of nitrogens with one attached hydrogen (secondary N) is 1. The number of nitrogens with zero attached hydrogens (tertiary/aromatic N) is 1. The lowest BCUT2D eigenvalue weighted by atomic mass is 10.1. The molecule has 2 N–H and O–H groups in total. The molecule has 0 aliphatic carbocycles. The van der Waals surface area contributed by atoms with Gasteiger partial charge in [-0.25, -0.2) is 12.7 Å². The van der Waals surface area contributed by atoms with Crippen molar-refractivity contribution in [3.63, 3.8) is 0 Å². The molecule has 19 heavy (non-hydrogen) atoms. The van der Waals surface area contributed by atoms with E-state index in [9.17, 15) is 13.5 Å². The van der Waals surface area contributed by atoms with Gasteiger partial charge in [0.2, 0.25) is 10.0 Å². The molecule has 0 heterocycles. The molecule has 0 fully saturated rings. The van der Waals surface area contributed by atoms with Crippen LogP contribution in [0.3, 0.4) is 0 Å². The van der Waals surface area contributed by atoms with E-state index in [1.165, 1.54) is 18.4 Å². The highest BCUT2D eigenvalue weighted by Gasteiger charge is 2.13. The lowest BCUT2D eigenvalue weighted by molar-refractivity contribution is 0.474. The van der Waals surface area contributed by atoms with Crippen molar-refractivity contribution in [3.05, 3.63) is 29.8 Å². The van der Waals surface area contributed by atoms with Crippen LogP contribution in [0.2, 0.25) is 0 Å². The molecule has 5 nitrogen and oxygen atoms in total. The van der Waals surface area contributed by atoms with Crippen LogP contribution in [0.1, 0.15) is 12.5 Å². The maximum atomic E-state index is 11.6. The Bertz CT molecular complexity index is 483. The lowest BCUT2D eigenvalue weighted by Gasteiger charge is -2.16. The number of phenols is 1. The van der Waals surface area contributed by atoms with Gasteiger partial charge in [0, 0.05) is 26.7 Å². The Morgan fingerprint density at radius 3 is 2.37 bits per heavy atom. The molecule has 0 aromatic heterocycles. The van der Waals surface area contributed by atoms with E-state index in [0.717, 1.165) is 12.0 Å². The summed E-state index contributed by atoms with van der Waals surface area (Å²) in [5.74, 6) is 0.348. The zero-order valence-corrected chi connectivity index (χ0v) is 12.4. The molecule has 0 aliphatic heterocycles. The van der Waals surface area contributed by atoms with Crippen LogP contribution in [0.25, 0.3) is 0 Å². The SMILES string of the molecule is CC(Cc1ccc(O)cc1)NCCS(=O)(=O)N(C)C. The van der Waals surface area contributed by atoms with Crippen LogP contribution in [-0.2, 0) is 16.4 Å². The van der Waals surface area contributed by atoms with Gasteiger partial charge in [-0.3, -0.25) is 0 Å². The largest absolute Gasteiger partial charge is 0.508 e. The van der Waals surface area contributed by atoms with Gasteiger partial charge in [0.05, 0.1) is 5.75 Å². The molecule has 0 saturated carbocycles. The molecule has 0 radical (unpaired) electrons. The molecule has 6 heteroatoms. The summed E-state index contributed by atoms with van der Waals surface area (Å²) in [7, 11) is -0.0607. The Kier molecular flexibility index (Phi) is 5.78. The topological polar surface area (TPSA) is 69.6 Å². The van der Waals surface area contributed by atoms with Gasteiger partial charge in [-0.15, -0.1) is 0 Å². The number of phenolic OH excluding ortho intramolecular Hbond substituents is 1. The van der Waals surface area contributed by atoms with Crippen LogP contribution in [0.15, 0.2) is 24.3 Å². The summed E-state index contributed by atoms with van der Waals surface area (Å²) < 4.78 is 24.4. The first-order chi connectivity index (χ1) is 8.81. The number of hydrogen-bond acceptors (Lipinski definition) is 4. The fourth-order valence-corrected chi connectivity index (χ4v) is 2.42. The Morgan fingerprint density at radius 1 is 1.26 bits per heavy atom. The van der Waals surface area contributed by atoms with Crippen molar-refractivity contribution in [2.75, 3.05) is 26.4 Å². The van der Waals surface area contributed by atoms with E-state index in [-0.39, 0.29) is 17.5 Å². The molecular formula is C13H22N2O3S. The highest BCUT2D eigenvalue weighted by atomic mass is 32.2. The fraction of sp³-hybridized carbons (Fsp3) is 0.538. The Balaban J connectivity index is 2.36. The Labute approximate surface area is 115 Å². The van der Waals surface area contributed by atoms with Gasteiger partial charge in [0.25, 0.3) is 0 Å². The number of benzene rings is 1. The number of aromatic hydroxyl groups is 1. The zero-order chi connectivity index (χ0) is 14.5. The normalized spacial score (nSPS) is 13.7. The molecule has 108 valence electrons. The second kappa shape index (κ2) is 6.88. The van der Waals surface area contributed by atoms with Crippen LogP contribution in [0.5, 0.6) is 5.75 Å². The third-order valence-electron chi connectivity index (χ3n) is 2.89. The van der Waals surface area contributed by atoms with Crippen molar-refractivity contribution in [1.29, 1.82) is 0 Å². The average molecular weight is 286 g/mol. The van der Waals surface area contributed by atoms with Crippen LogP contribution >= 0.6 is 0 Å². The predicted molar refractivity (Wildman–Crippen MR) is 76.7 cm³/mol. The zero-order valence-electron chi connectivity index (χ0n) is 11.6. The van der Waals surface area contributed by atoms with Crippen molar-refractivity contribution in [3.8, 4) is 5.75 Å². The molecule has 0 spiro atoms. The third kappa shape index (κ3) is 5.59. The van der Waals surface area contributed by atoms with E-state index in [1.54, 1.807) is 12.1 Å². The summed E-state index contributed by atoms with van der Waals surface area (Å²) in [5.41, 5.74) is 1.10. The van der Waals surface area contributed by atoms with E-state index in [2.05, 4.69) is 5.32 Å². The molecule has 1 unspecified atom stereocenters. The maximum absolute atomic E-state index is 11.6. The van der Waals surface area contributed by atoms with E-state index in [1.807, 2.05) is 19.1 Å². The van der Waals surface area contributed by atoms with Crippen LogP contribution < -0.4 is 5.32 Å². The smallest absolute Gasteiger partial charge is 0.214 e. The van der Waals surface area contributed by atoms with Crippen molar-refractivity contribution in [1.82, 2.24) is 9.62 Å². The second-order valence-electron chi connectivity index (χ2n) is 4.82. The van der Waals surface area contributed by atoms with Gasteiger partial charge in [-0.2, -0.15) is 0 Å². The fourth-order valence-electron chi connectivity index (χ4n) is 1.67. The summed E-state index contributed by atoms with van der Waals surface area (Å²) in [4.78, 5) is 0. The van der Waals surface area contributed by atoms with Gasteiger partial charge in [0.1, 0.15) is 5.75 Å². The number of rotatable bonds is 7. The third-order valence-corrected chi connectivity index (χ3v) is 4.72. The molecule has 1 aromatic carbocycles. The van der Waals surface area contributed by atoms with Gasteiger partial charge in [0.15, 0.2) is 0 Å². The molecule has 0 bridgehead atoms. The number of hydrogen-bond donors (Lipinski definition) is 2. The van der Waals surface area contributed by atoms with Gasteiger partial charge >= 0.3 is 0 Å². The molecule has 1 aromatic rings. The molecular weight excluding hydrogens is 264 g/mol. The van der Waals surface area contributed by atoms with Crippen molar-refractivity contribution < 1.29 is 13.5 Å². The van der Waals surface area contributed by atoms with E-state index >= 15 is 0 Å². The second-order valence-corrected chi connectivity index (χ2v) is 7.13. The minimum absolute atomic E-state index is 0.0971. The van der Waals surface area contributed by atoms with Gasteiger partial charge in [-0.1, -0.05) is 12.1 Å². The quantitative estimate of drug-likeness (QED) is 0.778. The van der Waals surface area contributed by atoms with Gasteiger partial charge in [-0.05, 0) is 31.0 Å².